The number of hydrogen-bond acceptors (Lipinski definition) is 6. The molecule has 4 saturated carbocycles. The lowest BCUT2D eigenvalue weighted by Gasteiger charge is -2.72. The topological polar surface area (TPSA) is 113 Å². The Bertz CT molecular complexity index is 1610. The highest BCUT2D eigenvalue weighted by Gasteiger charge is 2.70. The van der Waals surface area contributed by atoms with E-state index in [1.54, 1.807) is 13.8 Å². The molecule has 5 aliphatic carbocycles. The van der Waals surface area contributed by atoms with Gasteiger partial charge in [-0.25, -0.2) is 0 Å². The molecule has 6 rings (SSSR count). The Morgan fingerprint density at radius 1 is 0.923 bits per heavy atom. The number of esters is 1. The normalized spacial score (nSPS) is 37.5. The molecule has 9 atom stereocenters. The van der Waals surface area contributed by atoms with E-state index < -0.39 is 28.9 Å². The van der Waals surface area contributed by atoms with Crippen LogP contribution < -0.4 is 5.32 Å². The molecule has 288 valence electrons. The van der Waals surface area contributed by atoms with E-state index in [1.165, 1.54) is 16.7 Å². The van der Waals surface area contributed by atoms with Crippen LogP contribution in [0.25, 0.3) is 0 Å². The van der Waals surface area contributed by atoms with Crippen molar-refractivity contribution in [3.8, 4) is 0 Å². The zero-order valence-electron chi connectivity index (χ0n) is 33.8. The van der Waals surface area contributed by atoms with Crippen LogP contribution in [0, 0.1) is 63.1 Å². The first-order valence-electron chi connectivity index (χ1n) is 20.3. The van der Waals surface area contributed by atoms with Crippen molar-refractivity contribution in [3.63, 3.8) is 0 Å². The number of ketones is 1. The van der Waals surface area contributed by atoms with Crippen molar-refractivity contribution in [1.82, 2.24) is 5.32 Å². The van der Waals surface area contributed by atoms with Crippen molar-refractivity contribution in [2.75, 3.05) is 6.54 Å². The average Bonchev–Trinajstić information content (AvgIpc) is 3.36. The van der Waals surface area contributed by atoms with Crippen LogP contribution in [0.15, 0.2) is 35.4 Å². The highest BCUT2D eigenvalue weighted by molar-refractivity contribution is 6.00. The number of aliphatic hydroxyl groups is 1. The van der Waals surface area contributed by atoms with Crippen LogP contribution in [0.5, 0.6) is 0 Å². The number of rotatable bonds is 10. The first-order chi connectivity index (χ1) is 24.1. The van der Waals surface area contributed by atoms with Crippen molar-refractivity contribution >= 4 is 17.7 Å². The van der Waals surface area contributed by atoms with Crippen molar-refractivity contribution in [2.45, 2.75) is 152 Å². The van der Waals surface area contributed by atoms with Crippen LogP contribution in [0.2, 0.25) is 0 Å². The molecule has 0 heterocycles. The predicted octanol–water partition coefficient (Wildman–Crippen LogP) is 8.84. The summed E-state index contributed by atoms with van der Waals surface area (Å²) in [6.07, 6.45) is 7.31. The van der Waals surface area contributed by atoms with Crippen LogP contribution >= 0.6 is 0 Å². The van der Waals surface area contributed by atoms with Gasteiger partial charge in [0.1, 0.15) is 6.10 Å². The number of aliphatic carboxylic acids is 1. The second kappa shape index (κ2) is 13.4. The molecule has 0 spiro atoms. The largest absolute Gasteiger partial charge is 0.481 e. The van der Waals surface area contributed by atoms with E-state index in [1.807, 2.05) is 0 Å². The van der Waals surface area contributed by atoms with Crippen LogP contribution in [0.1, 0.15) is 138 Å². The summed E-state index contributed by atoms with van der Waals surface area (Å²) in [6.45, 7) is 22.9. The van der Waals surface area contributed by atoms with Gasteiger partial charge in [0.05, 0.1) is 17.9 Å². The molecule has 5 aliphatic rings. The molecule has 1 aromatic carbocycles. The monoisotopic (exact) mass is 717 g/mol. The third-order valence-corrected chi connectivity index (χ3v) is 16.3. The number of fused-ring (bicyclic) bond motifs is 7. The lowest BCUT2D eigenvalue weighted by Crippen LogP contribution is -2.66. The molecule has 1 aromatic rings. The minimum Gasteiger partial charge on any atom is -0.481 e. The third-order valence-electron chi connectivity index (χ3n) is 16.3. The molecule has 0 amide bonds. The number of nitrogens with one attached hydrogen (secondary N) is 1. The van der Waals surface area contributed by atoms with Crippen molar-refractivity contribution in [2.24, 2.45) is 56.2 Å². The van der Waals surface area contributed by atoms with E-state index in [4.69, 9.17) is 4.74 Å². The minimum absolute atomic E-state index is 0.00158. The molecule has 0 unspecified atom stereocenters. The van der Waals surface area contributed by atoms with Crippen LogP contribution in [0.3, 0.4) is 0 Å². The number of carboxylic acid groups (broad SMARTS) is 1. The summed E-state index contributed by atoms with van der Waals surface area (Å²) in [6, 6.07) is 8.52. The third kappa shape index (κ3) is 6.03. The van der Waals surface area contributed by atoms with Gasteiger partial charge in [-0.15, -0.1) is 0 Å². The number of ether oxygens (including phenoxy) is 1. The Morgan fingerprint density at radius 2 is 1.60 bits per heavy atom. The quantitative estimate of drug-likeness (QED) is 0.207. The van der Waals surface area contributed by atoms with Crippen LogP contribution in [-0.4, -0.2) is 46.7 Å². The molecule has 7 nitrogen and oxygen atoms in total. The molecule has 0 aromatic heterocycles. The Morgan fingerprint density at radius 3 is 2.23 bits per heavy atom. The number of aryl methyl sites for hydroxylation is 1. The van der Waals surface area contributed by atoms with Gasteiger partial charge in [-0.2, -0.15) is 0 Å². The molecule has 4 fully saturated rings. The number of aliphatic hydroxyl groups excluding tert-OH is 1. The maximum atomic E-state index is 14.0. The SMILES string of the molecule is Cc1ccc(CNC[C@H](O)[C@@]23CC[C@]4(C)[C@H](CC[C@@H]5[C@@]6(C)CC[C@H](OC(=O)CC(C)(C)C(=O)O)C(C)(C)[C@H]6CC[C@]54C)C2=C(C(C)C)C(=O)C3)cc1. The zero-order valence-corrected chi connectivity index (χ0v) is 33.8. The number of carbonyl (C=O) groups excluding carboxylic acids is 2. The summed E-state index contributed by atoms with van der Waals surface area (Å²) < 4.78 is 6.17. The smallest absolute Gasteiger partial charge is 0.309 e. The van der Waals surface area contributed by atoms with Crippen molar-refractivity contribution < 1.29 is 29.3 Å². The maximum absolute atomic E-state index is 14.0. The first-order valence-corrected chi connectivity index (χ1v) is 20.3. The summed E-state index contributed by atoms with van der Waals surface area (Å²) in [5.74, 6) is 0.102. The zero-order chi connectivity index (χ0) is 38.2. The molecule has 0 saturated heterocycles. The lowest BCUT2D eigenvalue weighted by molar-refractivity contribution is -0.235. The molecule has 0 radical (unpaired) electrons. The molecular weight excluding hydrogens is 650 g/mol. The minimum atomic E-state index is -1.16. The van der Waals surface area contributed by atoms with E-state index >= 15 is 0 Å². The number of Topliss-reactive ketones (excluding diaryl/α,β-unsaturated/α-hetero) is 1. The number of benzene rings is 1. The van der Waals surface area contributed by atoms with Gasteiger partial charge in [0, 0.05) is 30.3 Å². The van der Waals surface area contributed by atoms with E-state index in [0.717, 1.165) is 56.9 Å². The van der Waals surface area contributed by atoms with Crippen LogP contribution in [-0.2, 0) is 25.7 Å². The number of carboxylic acids is 1. The fourth-order valence-corrected chi connectivity index (χ4v) is 13.2. The second-order valence-corrected chi connectivity index (χ2v) is 20.2. The van der Waals surface area contributed by atoms with Gasteiger partial charge in [-0.3, -0.25) is 14.4 Å². The fraction of sp³-hybridized carbons (Fsp3) is 0.756. The summed E-state index contributed by atoms with van der Waals surface area (Å²) in [4.78, 5) is 38.9. The summed E-state index contributed by atoms with van der Waals surface area (Å²) >= 11 is 0. The standard InChI is InChI=1S/C45H67NO6/c1-27(2)37-31(47)23-45(34(48)26-46-25-29-13-11-28(3)12-14-29)22-21-43(9)30(38(37)45)15-16-33-42(8)19-18-35(52-36(49)24-40(4,5)39(50)51)41(6,7)32(42)17-20-44(33,43)10/h11-14,27,30,32-35,46,48H,15-26H2,1-10H3,(H,50,51)/t30-,32-,33-,34+,35+,42+,43-,44-,45+/m1/s1. The summed E-state index contributed by atoms with van der Waals surface area (Å²) in [7, 11) is 0. The van der Waals surface area contributed by atoms with E-state index in [-0.39, 0.29) is 51.8 Å². The maximum Gasteiger partial charge on any atom is 0.309 e. The average molecular weight is 718 g/mol. The number of hydrogen-bond donors (Lipinski definition) is 3. The molecule has 52 heavy (non-hydrogen) atoms. The first kappa shape index (κ1) is 39.2. The van der Waals surface area contributed by atoms with Crippen molar-refractivity contribution in [1.29, 1.82) is 0 Å². The summed E-state index contributed by atoms with van der Waals surface area (Å²) in [5.41, 5.74) is 2.96. The van der Waals surface area contributed by atoms with E-state index in [2.05, 4.69) is 85.0 Å². The van der Waals surface area contributed by atoms with Gasteiger partial charge in [-0.05, 0) is 123 Å². The van der Waals surface area contributed by atoms with E-state index in [9.17, 15) is 24.6 Å². The molecule has 0 bridgehead atoms. The Balaban J connectivity index is 1.26. The van der Waals surface area contributed by atoms with Crippen molar-refractivity contribution in [3.05, 3.63) is 46.5 Å². The van der Waals surface area contributed by atoms with Crippen LogP contribution in [0.4, 0.5) is 0 Å². The number of allylic oxidation sites excluding steroid dienone is 1. The molecular formula is C45H67NO6. The van der Waals surface area contributed by atoms with E-state index in [0.29, 0.717) is 31.3 Å². The van der Waals surface area contributed by atoms with Gasteiger partial charge in [0.2, 0.25) is 0 Å². The Kier molecular flexibility index (Phi) is 10.1. The second-order valence-electron chi connectivity index (χ2n) is 20.2. The summed E-state index contributed by atoms with van der Waals surface area (Å²) in [5, 5.41) is 25.3. The highest BCUT2D eigenvalue weighted by Crippen LogP contribution is 2.77. The van der Waals surface area contributed by atoms with Gasteiger partial charge in [-0.1, -0.05) is 83.9 Å². The Labute approximate surface area is 313 Å². The van der Waals surface area contributed by atoms with Gasteiger partial charge < -0.3 is 20.3 Å². The number of carbonyl (C=O) groups is 3. The lowest BCUT2D eigenvalue weighted by atomic mass is 9.33. The fourth-order valence-electron chi connectivity index (χ4n) is 13.2. The molecule has 7 heteroatoms. The highest BCUT2D eigenvalue weighted by atomic mass is 16.5. The van der Waals surface area contributed by atoms with Gasteiger partial charge >= 0.3 is 11.9 Å². The predicted molar refractivity (Wildman–Crippen MR) is 204 cm³/mol. The molecule has 0 aliphatic heterocycles. The Hall–Kier alpha value is -2.51. The van der Waals surface area contributed by atoms with Gasteiger partial charge in [0.25, 0.3) is 0 Å². The molecule has 3 N–H and O–H groups in total. The van der Waals surface area contributed by atoms with Gasteiger partial charge in [0.15, 0.2) is 5.78 Å².